The van der Waals surface area contributed by atoms with Gasteiger partial charge < -0.3 is 4.74 Å². The van der Waals surface area contributed by atoms with Crippen LogP contribution in [0.1, 0.15) is 28.6 Å². The van der Waals surface area contributed by atoms with Gasteiger partial charge in [-0.2, -0.15) is 5.10 Å². The Morgan fingerprint density at radius 2 is 2.05 bits per heavy atom. The van der Waals surface area contributed by atoms with E-state index in [4.69, 9.17) is 4.74 Å². The number of aryl methyl sites for hydroxylation is 2. The number of nitrogens with zero attached hydrogens (tertiary/aromatic N) is 1. The maximum absolute atomic E-state index is 10.7. The maximum atomic E-state index is 10.7. The first-order valence-corrected chi connectivity index (χ1v) is 6.76. The third-order valence-electron chi connectivity index (χ3n) is 3.13. The predicted molar refractivity (Wildman–Crippen MR) is 75.8 cm³/mol. The lowest BCUT2D eigenvalue weighted by molar-refractivity contribution is -0.133. The van der Waals surface area contributed by atoms with Gasteiger partial charge in [0.2, 0.25) is 0 Å². The molecule has 0 radical (unpaired) electrons. The second-order valence-electron chi connectivity index (χ2n) is 4.39. The van der Waals surface area contributed by atoms with Crippen LogP contribution in [-0.4, -0.2) is 16.7 Å². The molecule has 0 bridgehead atoms. The standard InChI is InChI=1S/C14H15BrN2O2/c1-9-13(10(2)17-16-9)7-14(19-8-18)11-3-5-12(15)6-4-11/h3-6,8,14H,7H2,1-2H3,(H,16,17). The number of halogens is 1. The molecule has 0 saturated carbocycles. The molecule has 0 aliphatic rings. The van der Waals surface area contributed by atoms with E-state index in [-0.39, 0.29) is 6.10 Å². The van der Waals surface area contributed by atoms with Crippen LogP contribution in [0.25, 0.3) is 0 Å². The normalized spacial score (nSPS) is 12.2. The summed E-state index contributed by atoms with van der Waals surface area (Å²) in [7, 11) is 0. The topological polar surface area (TPSA) is 55.0 Å². The zero-order chi connectivity index (χ0) is 13.8. The number of ether oxygens (including phenoxy) is 1. The molecule has 2 rings (SSSR count). The highest BCUT2D eigenvalue weighted by atomic mass is 79.9. The third kappa shape index (κ3) is 3.23. The smallest absolute Gasteiger partial charge is 0.293 e. The number of hydrogen-bond donors (Lipinski definition) is 1. The maximum Gasteiger partial charge on any atom is 0.293 e. The van der Waals surface area contributed by atoms with Crippen LogP contribution in [0, 0.1) is 13.8 Å². The SMILES string of the molecule is Cc1n[nH]c(C)c1CC(OC=O)c1ccc(Br)cc1. The lowest BCUT2D eigenvalue weighted by Gasteiger charge is -2.16. The van der Waals surface area contributed by atoms with Gasteiger partial charge in [0.05, 0.1) is 5.69 Å². The van der Waals surface area contributed by atoms with Gasteiger partial charge in [-0.3, -0.25) is 9.89 Å². The first kappa shape index (κ1) is 13.8. The number of nitrogens with one attached hydrogen (secondary N) is 1. The summed E-state index contributed by atoms with van der Waals surface area (Å²) in [6.07, 6.45) is 0.328. The average molecular weight is 323 g/mol. The van der Waals surface area contributed by atoms with Crippen molar-refractivity contribution in [2.24, 2.45) is 0 Å². The van der Waals surface area contributed by atoms with Gasteiger partial charge in [-0.05, 0) is 37.1 Å². The largest absolute Gasteiger partial charge is 0.459 e. The Morgan fingerprint density at radius 1 is 1.37 bits per heavy atom. The zero-order valence-corrected chi connectivity index (χ0v) is 12.4. The molecule has 2 aromatic rings. The average Bonchev–Trinajstić information content (AvgIpc) is 2.71. The molecule has 0 fully saturated rings. The number of carbonyl (C=O) groups is 1. The van der Waals surface area contributed by atoms with Crippen LogP contribution >= 0.6 is 15.9 Å². The van der Waals surface area contributed by atoms with Crippen molar-refractivity contribution in [3.63, 3.8) is 0 Å². The van der Waals surface area contributed by atoms with E-state index in [1.165, 1.54) is 0 Å². The summed E-state index contributed by atoms with van der Waals surface area (Å²) in [5, 5.41) is 7.10. The van der Waals surface area contributed by atoms with Crippen LogP contribution in [0.4, 0.5) is 0 Å². The van der Waals surface area contributed by atoms with Crippen LogP contribution in [0.3, 0.4) is 0 Å². The number of H-pyrrole nitrogens is 1. The molecule has 1 N–H and O–H groups in total. The minimum absolute atomic E-state index is 0.291. The van der Waals surface area contributed by atoms with Gasteiger partial charge >= 0.3 is 0 Å². The Balaban J connectivity index is 2.26. The van der Waals surface area contributed by atoms with Crippen molar-refractivity contribution in [1.82, 2.24) is 10.2 Å². The third-order valence-corrected chi connectivity index (χ3v) is 3.66. The first-order chi connectivity index (χ1) is 9.11. The second kappa shape index (κ2) is 6.02. The summed E-state index contributed by atoms with van der Waals surface area (Å²) < 4.78 is 6.21. The fourth-order valence-electron chi connectivity index (χ4n) is 2.05. The van der Waals surface area contributed by atoms with Gasteiger partial charge in [-0.25, -0.2) is 0 Å². The number of hydrogen-bond acceptors (Lipinski definition) is 3. The van der Waals surface area contributed by atoms with Gasteiger partial charge in [0.25, 0.3) is 6.47 Å². The molecule has 1 heterocycles. The van der Waals surface area contributed by atoms with E-state index in [0.29, 0.717) is 12.9 Å². The molecule has 0 saturated heterocycles. The summed E-state index contributed by atoms with van der Waals surface area (Å²) in [5.41, 5.74) is 4.01. The number of benzene rings is 1. The van der Waals surface area contributed by atoms with Crippen molar-refractivity contribution in [3.05, 3.63) is 51.3 Å². The molecule has 5 heteroatoms. The zero-order valence-electron chi connectivity index (χ0n) is 10.8. The van der Waals surface area contributed by atoms with Gasteiger partial charge in [-0.1, -0.05) is 28.1 Å². The van der Waals surface area contributed by atoms with Crippen molar-refractivity contribution in [2.45, 2.75) is 26.4 Å². The fourth-order valence-corrected chi connectivity index (χ4v) is 2.31. The molecule has 1 aromatic carbocycles. The highest BCUT2D eigenvalue weighted by molar-refractivity contribution is 9.10. The number of carbonyl (C=O) groups excluding carboxylic acids is 1. The quantitative estimate of drug-likeness (QED) is 0.860. The Morgan fingerprint density at radius 3 is 2.58 bits per heavy atom. The number of rotatable bonds is 5. The van der Waals surface area contributed by atoms with Crippen LogP contribution in [0.5, 0.6) is 0 Å². The lowest BCUT2D eigenvalue weighted by atomic mass is 10.00. The Labute approximate surface area is 120 Å². The Kier molecular flexibility index (Phi) is 4.37. The van der Waals surface area contributed by atoms with Gasteiger partial charge in [-0.15, -0.1) is 0 Å². The minimum atomic E-state index is -0.291. The van der Waals surface area contributed by atoms with Crippen LogP contribution in [0.15, 0.2) is 28.7 Å². The summed E-state index contributed by atoms with van der Waals surface area (Å²) in [4.78, 5) is 10.7. The first-order valence-electron chi connectivity index (χ1n) is 5.97. The molecule has 19 heavy (non-hydrogen) atoms. The van der Waals surface area contributed by atoms with Crippen molar-refractivity contribution in [3.8, 4) is 0 Å². The van der Waals surface area contributed by atoms with Crippen LogP contribution in [0.2, 0.25) is 0 Å². The molecule has 0 amide bonds. The number of aromatic nitrogens is 2. The van der Waals surface area contributed by atoms with E-state index in [1.807, 2.05) is 38.1 Å². The number of aromatic amines is 1. The molecular weight excluding hydrogens is 308 g/mol. The van der Waals surface area contributed by atoms with Gasteiger partial charge in [0.1, 0.15) is 6.10 Å². The molecule has 1 aromatic heterocycles. The molecule has 0 spiro atoms. The van der Waals surface area contributed by atoms with E-state index in [1.54, 1.807) is 0 Å². The van der Waals surface area contributed by atoms with E-state index < -0.39 is 0 Å². The second-order valence-corrected chi connectivity index (χ2v) is 5.30. The van der Waals surface area contributed by atoms with Crippen LogP contribution < -0.4 is 0 Å². The summed E-state index contributed by atoms with van der Waals surface area (Å²) in [6, 6.07) is 7.77. The monoisotopic (exact) mass is 322 g/mol. The summed E-state index contributed by atoms with van der Waals surface area (Å²) >= 11 is 3.39. The molecule has 1 unspecified atom stereocenters. The van der Waals surface area contributed by atoms with E-state index in [2.05, 4.69) is 26.1 Å². The summed E-state index contributed by atoms with van der Waals surface area (Å²) in [5.74, 6) is 0. The fraction of sp³-hybridized carbons (Fsp3) is 0.286. The highest BCUT2D eigenvalue weighted by Gasteiger charge is 2.17. The van der Waals surface area contributed by atoms with Crippen molar-refractivity contribution >= 4 is 22.4 Å². The van der Waals surface area contributed by atoms with E-state index >= 15 is 0 Å². The lowest BCUT2D eigenvalue weighted by Crippen LogP contribution is -2.08. The molecule has 1 atom stereocenters. The van der Waals surface area contributed by atoms with E-state index in [0.717, 1.165) is 27.0 Å². The van der Waals surface area contributed by atoms with Crippen molar-refractivity contribution < 1.29 is 9.53 Å². The Bertz CT molecular complexity index is 544. The highest BCUT2D eigenvalue weighted by Crippen LogP contribution is 2.25. The van der Waals surface area contributed by atoms with Gasteiger partial charge in [0, 0.05) is 16.6 Å². The molecule has 4 nitrogen and oxygen atoms in total. The van der Waals surface area contributed by atoms with Crippen molar-refractivity contribution in [2.75, 3.05) is 0 Å². The molecule has 100 valence electrons. The molecule has 0 aliphatic carbocycles. The van der Waals surface area contributed by atoms with Gasteiger partial charge in [0.15, 0.2) is 0 Å². The molecular formula is C14H15BrN2O2. The van der Waals surface area contributed by atoms with E-state index in [9.17, 15) is 4.79 Å². The summed E-state index contributed by atoms with van der Waals surface area (Å²) in [6.45, 7) is 4.41. The minimum Gasteiger partial charge on any atom is -0.459 e. The van der Waals surface area contributed by atoms with Crippen molar-refractivity contribution in [1.29, 1.82) is 0 Å². The predicted octanol–water partition coefficient (Wildman–Crippen LogP) is 3.25. The molecule has 0 aliphatic heterocycles. The Hall–Kier alpha value is -1.62. The van der Waals surface area contributed by atoms with Crippen LogP contribution in [-0.2, 0) is 16.0 Å².